The molecular formula is C16H12Cl2F7N5OS. The van der Waals surface area contributed by atoms with Crippen molar-refractivity contribution in [3.05, 3.63) is 33.4 Å². The standard InChI is InChI=1S/C16H12Cl2F7N5OS/c1-29(2)13-11(15(14(27)31)6-16(15,19)20)10(5-26)28-30(13)12-8(17)3-7(4-9(12)18)32(21,22,23,24)25/h3-4H,6H2,1-2H3,(H2,27,31). The minimum absolute atomic E-state index is 0.0905. The monoisotopic (exact) mass is 525 g/mol. The number of carbonyl (C=O) groups excluding carboxylic acids is 1. The molecule has 16 heteroatoms. The van der Waals surface area contributed by atoms with Crippen LogP contribution in [-0.2, 0) is 10.2 Å². The number of anilines is 1. The third-order valence-corrected chi connectivity index (χ3v) is 6.57. The number of hydrogen-bond acceptors (Lipinski definition) is 4. The summed E-state index contributed by atoms with van der Waals surface area (Å²) in [4.78, 5) is 10.7. The average Bonchev–Trinajstić information content (AvgIpc) is 2.99. The minimum atomic E-state index is -10.2. The maximum Gasteiger partial charge on any atom is 0.310 e. The molecule has 1 aromatic heterocycles. The number of primary amides is 1. The van der Waals surface area contributed by atoms with Crippen LogP contribution < -0.4 is 10.6 Å². The number of halogens is 9. The highest BCUT2D eigenvalue weighted by Crippen LogP contribution is 3.02. The molecule has 176 valence electrons. The van der Waals surface area contributed by atoms with Crippen LogP contribution >= 0.6 is 33.4 Å². The quantitative estimate of drug-likeness (QED) is 0.519. The molecule has 0 bridgehead atoms. The summed E-state index contributed by atoms with van der Waals surface area (Å²) < 4.78 is 95.1. The molecule has 32 heavy (non-hydrogen) atoms. The van der Waals surface area contributed by atoms with Gasteiger partial charge in [-0.1, -0.05) is 42.6 Å². The van der Waals surface area contributed by atoms with Crippen LogP contribution in [0, 0.1) is 11.3 Å². The molecule has 1 heterocycles. The highest BCUT2D eigenvalue weighted by Gasteiger charge is 2.78. The van der Waals surface area contributed by atoms with E-state index in [9.17, 15) is 38.3 Å². The number of rotatable bonds is 5. The van der Waals surface area contributed by atoms with Gasteiger partial charge in [0.05, 0.1) is 15.6 Å². The van der Waals surface area contributed by atoms with Crippen LogP contribution in [0.15, 0.2) is 17.0 Å². The summed E-state index contributed by atoms with van der Waals surface area (Å²) in [5.41, 5.74) is 0.690. The summed E-state index contributed by atoms with van der Waals surface area (Å²) in [6.45, 7) is 0. The van der Waals surface area contributed by atoms with E-state index in [-0.39, 0.29) is 18.0 Å². The number of hydrogen-bond donors (Lipinski definition) is 1. The highest BCUT2D eigenvalue weighted by molar-refractivity contribution is 8.45. The van der Waals surface area contributed by atoms with Gasteiger partial charge in [-0.25, -0.2) is 13.5 Å². The van der Waals surface area contributed by atoms with Crippen LogP contribution in [0.5, 0.6) is 0 Å². The second-order valence-electron chi connectivity index (χ2n) is 7.32. The highest BCUT2D eigenvalue weighted by atomic mass is 35.5. The summed E-state index contributed by atoms with van der Waals surface area (Å²) in [5.74, 6) is -5.47. The van der Waals surface area contributed by atoms with Crippen LogP contribution in [0.3, 0.4) is 0 Å². The number of nitrogens with two attached hydrogens (primary N) is 1. The first kappa shape index (κ1) is 24.3. The van der Waals surface area contributed by atoms with Crippen LogP contribution in [0.25, 0.3) is 5.69 Å². The zero-order chi connectivity index (χ0) is 24.7. The first-order valence-corrected chi connectivity index (χ1v) is 11.0. The van der Waals surface area contributed by atoms with Crippen molar-refractivity contribution >= 4 is 45.2 Å². The summed E-state index contributed by atoms with van der Waals surface area (Å²) in [6.07, 6.45) is -1.04. The fourth-order valence-corrected chi connectivity index (χ4v) is 4.83. The smallest absolute Gasteiger partial charge is 0.310 e. The summed E-state index contributed by atoms with van der Waals surface area (Å²) in [6, 6.07) is 1.35. The molecule has 2 N–H and O–H groups in total. The molecule has 0 saturated heterocycles. The lowest BCUT2D eigenvalue weighted by Crippen LogP contribution is -2.35. The Labute approximate surface area is 186 Å². The maximum atomic E-state index is 14.3. The van der Waals surface area contributed by atoms with E-state index in [0.717, 1.165) is 4.90 Å². The van der Waals surface area contributed by atoms with Gasteiger partial charge in [0.1, 0.15) is 27.9 Å². The van der Waals surface area contributed by atoms with Gasteiger partial charge in [0.25, 0.3) is 5.92 Å². The third-order valence-electron chi connectivity index (χ3n) is 4.87. The topological polar surface area (TPSA) is 87.9 Å². The van der Waals surface area contributed by atoms with Gasteiger partial charge in [0, 0.05) is 20.5 Å². The lowest BCUT2D eigenvalue weighted by molar-refractivity contribution is -0.122. The number of nitriles is 1. The second kappa shape index (κ2) is 6.15. The number of benzene rings is 1. The predicted octanol–water partition coefficient (Wildman–Crippen LogP) is 5.54. The molecule has 1 amide bonds. The van der Waals surface area contributed by atoms with Gasteiger partial charge in [-0.3, -0.25) is 4.79 Å². The van der Waals surface area contributed by atoms with Crippen molar-refractivity contribution in [2.75, 3.05) is 19.0 Å². The second-order valence-corrected chi connectivity index (χ2v) is 10.5. The van der Waals surface area contributed by atoms with Gasteiger partial charge in [0.2, 0.25) is 5.91 Å². The number of amides is 1. The predicted molar refractivity (Wildman–Crippen MR) is 104 cm³/mol. The van der Waals surface area contributed by atoms with Crippen molar-refractivity contribution in [1.29, 1.82) is 5.26 Å². The Morgan fingerprint density at radius 1 is 1.22 bits per heavy atom. The lowest BCUT2D eigenvalue weighted by Gasteiger charge is -2.40. The van der Waals surface area contributed by atoms with Crippen molar-refractivity contribution in [2.45, 2.75) is 22.7 Å². The Hall–Kier alpha value is -2.37. The molecule has 1 aliphatic rings. The van der Waals surface area contributed by atoms with E-state index in [1.54, 1.807) is 0 Å². The van der Waals surface area contributed by atoms with Gasteiger partial charge in [-0.15, -0.1) is 0 Å². The fourth-order valence-electron chi connectivity index (χ4n) is 3.37. The number of carbonyl (C=O) groups is 1. The molecule has 0 spiro atoms. The Morgan fingerprint density at radius 3 is 2.00 bits per heavy atom. The minimum Gasteiger partial charge on any atom is -0.369 e. The van der Waals surface area contributed by atoms with Crippen molar-refractivity contribution in [2.24, 2.45) is 5.73 Å². The van der Waals surface area contributed by atoms with E-state index in [2.05, 4.69) is 5.10 Å². The molecule has 1 unspecified atom stereocenters. The zero-order valence-electron chi connectivity index (χ0n) is 15.9. The zero-order valence-corrected chi connectivity index (χ0v) is 18.3. The molecule has 0 aliphatic heterocycles. The van der Waals surface area contributed by atoms with E-state index in [1.807, 2.05) is 0 Å². The molecule has 3 rings (SSSR count). The van der Waals surface area contributed by atoms with E-state index in [1.165, 1.54) is 20.2 Å². The van der Waals surface area contributed by atoms with E-state index < -0.39 is 65.8 Å². The van der Waals surface area contributed by atoms with Gasteiger partial charge in [-0.2, -0.15) is 10.4 Å². The van der Waals surface area contributed by atoms with E-state index in [0.29, 0.717) is 4.68 Å². The van der Waals surface area contributed by atoms with Gasteiger partial charge >= 0.3 is 10.2 Å². The molecule has 6 nitrogen and oxygen atoms in total. The van der Waals surface area contributed by atoms with Crippen LogP contribution in [0.1, 0.15) is 17.7 Å². The molecule has 1 saturated carbocycles. The lowest BCUT2D eigenvalue weighted by atomic mass is 9.93. The first-order valence-electron chi connectivity index (χ1n) is 8.30. The van der Waals surface area contributed by atoms with E-state index >= 15 is 0 Å². The maximum absolute atomic E-state index is 14.3. The van der Waals surface area contributed by atoms with E-state index in [4.69, 9.17) is 28.9 Å². The summed E-state index contributed by atoms with van der Waals surface area (Å²) in [5, 5.41) is 11.3. The van der Waals surface area contributed by atoms with Crippen LogP contribution in [0.4, 0.5) is 34.0 Å². The third kappa shape index (κ3) is 3.52. The average molecular weight is 526 g/mol. The Bertz CT molecular complexity index is 1200. The summed E-state index contributed by atoms with van der Waals surface area (Å²) in [7, 11) is -7.58. The SMILES string of the molecule is CN(C)c1c(C2(C(N)=O)CC2(F)F)c(C#N)nn1-c1c(Cl)cc(S(F)(F)(F)(F)F)cc1Cl. The molecule has 0 radical (unpaired) electrons. The largest absolute Gasteiger partial charge is 0.369 e. The molecular weight excluding hydrogens is 514 g/mol. The Kier molecular flexibility index (Phi) is 4.66. The normalized spacial score (nSPS) is 21.9. The Balaban J connectivity index is 2.39. The van der Waals surface area contributed by atoms with Gasteiger partial charge in [0.15, 0.2) is 5.69 Å². The molecule has 2 aromatic rings. The van der Waals surface area contributed by atoms with Crippen LogP contribution in [-0.4, -0.2) is 35.7 Å². The Morgan fingerprint density at radius 2 is 1.69 bits per heavy atom. The van der Waals surface area contributed by atoms with Crippen molar-refractivity contribution in [3.63, 3.8) is 0 Å². The van der Waals surface area contributed by atoms with Crippen molar-refractivity contribution in [3.8, 4) is 11.8 Å². The van der Waals surface area contributed by atoms with Crippen molar-refractivity contribution < 1.29 is 33.0 Å². The van der Waals surface area contributed by atoms with Gasteiger partial charge < -0.3 is 10.6 Å². The number of nitrogens with zero attached hydrogens (tertiary/aromatic N) is 4. The molecule has 1 aliphatic carbocycles. The molecule has 1 atom stereocenters. The summed E-state index contributed by atoms with van der Waals surface area (Å²) >= 11 is 11.7. The number of aromatic nitrogens is 2. The molecule has 1 aromatic carbocycles. The van der Waals surface area contributed by atoms with Gasteiger partial charge in [-0.05, 0) is 12.1 Å². The van der Waals surface area contributed by atoms with Crippen LogP contribution in [0.2, 0.25) is 10.0 Å². The first-order chi connectivity index (χ1) is 14.2. The fraction of sp³-hybridized carbons (Fsp3) is 0.312. The number of alkyl halides is 2. The van der Waals surface area contributed by atoms with Crippen molar-refractivity contribution in [1.82, 2.24) is 9.78 Å². The molecule has 1 fully saturated rings.